The third-order valence-electron chi connectivity index (χ3n) is 9.01. The van der Waals surface area contributed by atoms with Crippen molar-refractivity contribution in [3.8, 4) is 23.0 Å². The zero-order valence-electron chi connectivity index (χ0n) is 26.9. The van der Waals surface area contributed by atoms with E-state index in [2.05, 4.69) is 33.0 Å². The summed E-state index contributed by atoms with van der Waals surface area (Å²) in [6, 6.07) is 32.8. The third-order valence-corrected chi connectivity index (χ3v) is 9.01. The summed E-state index contributed by atoms with van der Waals surface area (Å²) >= 11 is 0. The van der Waals surface area contributed by atoms with Crippen LogP contribution in [-0.4, -0.2) is 23.6 Å². The van der Waals surface area contributed by atoms with E-state index in [-0.39, 0.29) is 17.2 Å². The maximum atomic E-state index is 13.3. The molecule has 48 heavy (non-hydrogen) atoms. The van der Waals surface area contributed by atoms with Gasteiger partial charge in [0.1, 0.15) is 23.0 Å². The van der Waals surface area contributed by atoms with Crippen LogP contribution in [0.2, 0.25) is 0 Å². The van der Waals surface area contributed by atoms with Crippen molar-refractivity contribution in [1.29, 1.82) is 0 Å². The molecular weight excluding hydrogens is 604 g/mol. The zero-order chi connectivity index (χ0) is 33.7. The van der Waals surface area contributed by atoms with Crippen molar-refractivity contribution in [1.82, 2.24) is 5.32 Å². The summed E-state index contributed by atoms with van der Waals surface area (Å²) < 4.78 is 12.1. The molecule has 2 heterocycles. The molecule has 2 aliphatic heterocycles. The monoisotopic (exact) mass is 636 g/mol. The standard InChI is InChI=1S/C40H32N2O6/c1-23(2)24-5-11-27(12-6-24)42-38(45)33-20-18-31(22-35(33)39(42)46)48-29-15-9-26(10-16-29)40(3,4)25-7-13-28(14-8-25)47-30-17-19-32-34(21-30)37(44)41-36(32)43/h5-23H,1-4H3,(H,41,43,44). The summed E-state index contributed by atoms with van der Waals surface area (Å²) in [5, 5.41) is 2.28. The van der Waals surface area contributed by atoms with Crippen molar-refractivity contribution in [3.63, 3.8) is 0 Å². The summed E-state index contributed by atoms with van der Waals surface area (Å²) in [5.41, 5.74) is 4.76. The number of hydrogen-bond donors (Lipinski definition) is 1. The van der Waals surface area contributed by atoms with Crippen LogP contribution < -0.4 is 19.7 Å². The molecule has 0 saturated carbocycles. The van der Waals surface area contributed by atoms with Gasteiger partial charge in [-0.3, -0.25) is 24.5 Å². The average Bonchev–Trinajstić information content (AvgIpc) is 3.50. The molecule has 0 aromatic heterocycles. The van der Waals surface area contributed by atoms with E-state index >= 15 is 0 Å². The van der Waals surface area contributed by atoms with E-state index in [0.29, 0.717) is 56.9 Å². The smallest absolute Gasteiger partial charge is 0.266 e. The van der Waals surface area contributed by atoms with Crippen molar-refractivity contribution in [2.24, 2.45) is 0 Å². The largest absolute Gasteiger partial charge is 0.457 e. The number of rotatable bonds is 8. The first-order valence-electron chi connectivity index (χ1n) is 15.7. The lowest BCUT2D eigenvalue weighted by molar-refractivity contribution is 0.0874. The Morgan fingerprint density at radius 1 is 0.542 bits per heavy atom. The van der Waals surface area contributed by atoms with E-state index in [1.807, 2.05) is 72.8 Å². The van der Waals surface area contributed by atoms with Crippen molar-refractivity contribution >= 4 is 29.3 Å². The van der Waals surface area contributed by atoms with Crippen molar-refractivity contribution in [2.45, 2.75) is 39.0 Å². The van der Waals surface area contributed by atoms with Crippen LogP contribution in [0.4, 0.5) is 5.69 Å². The number of imide groups is 2. The summed E-state index contributed by atoms with van der Waals surface area (Å²) in [5.74, 6) is 0.926. The minimum Gasteiger partial charge on any atom is -0.457 e. The third kappa shape index (κ3) is 5.41. The number of carbonyl (C=O) groups excluding carboxylic acids is 4. The number of benzene rings is 5. The number of nitrogens with one attached hydrogen (secondary N) is 1. The van der Waals surface area contributed by atoms with Gasteiger partial charge in [0.05, 0.1) is 27.9 Å². The highest BCUT2D eigenvalue weighted by atomic mass is 16.5. The minimum atomic E-state index is -0.428. The number of fused-ring (bicyclic) bond motifs is 2. The summed E-state index contributed by atoms with van der Waals surface area (Å²) in [6.45, 7) is 8.44. The van der Waals surface area contributed by atoms with Crippen LogP contribution >= 0.6 is 0 Å². The highest BCUT2D eigenvalue weighted by Gasteiger charge is 2.37. The van der Waals surface area contributed by atoms with E-state index < -0.39 is 11.8 Å². The summed E-state index contributed by atoms with van der Waals surface area (Å²) in [6.07, 6.45) is 0. The molecule has 0 bridgehead atoms. The lowest BCUT2D eigenvalue weighted by Crippen LogP contribution is -2.29. The van der Waals surface area contributed by atoms with Gasteiger partial charge in [-0.2, -0.15) is 0 Å². The Labute approximate surface area is 277 Å². The maximum absolute atomic E-state index is 13.3. The van der Waals surface area contributed by atoms with Gasteiger partial charge >= 0.3 is 0 Å². The molecule has 238 valence electrons. The molecule has 0 radical (unpaired) electrons. The van der Waals surface area contributed by atoms with Crippen molar-refractivity contribution in [3.05, 3.63) is 148 Å². The Kier molecular flexibility index (Phi) is 7.43. The molecule has 8 nitrogen and oxygen atoms in total. The number of anilines is 1. The van der Waals surface area contributed by atoms with Crippen molar-refractivity contribution in [2.75, 3.05) is 4.90 Å². The first-order valence-corrected chi connectivity index (χ1v) is 15.7. The first-order chi connectivity index (χ1) is 23.0. The Morgan fingerprint density at radius 3 is 1.54 bits per heavy atom. The zero-order valence-corrected chi connectivity index (χ0v) is 26.9. The molecule has 0 spiro atoms. The Hall–Kier alpha value is -6.02. The molecule has 7 rings (SSSR count). The van der Waals surface area contributed by atoms with E-state index in [9.17, 15) is 19.2 Å². The van der Waals surface area contributed by atoms with Crippen LogP contribution in [0.25, 0.3) is 0 Å². The molecular formula is C40H32N2O6. The van der Waals surface area contributed by atoms with Gasteiger partial charge in [-0.25, -0.2) is 4.90 Å². The van der Waals surface area contributed by atoms with Gasteiger partial charge in [0, 0.05) is 5.41 Å². The number of hydrogen-bond acceptors (Lipinski definition) is 6. The molecule has 0 saturated heterocycles. The lowest BCUT2D eigenvalue weighted by Gasteiger charge is -2.26. The summed E-state index contributed by atoms with van der Waals surface area (Å²) in [4.78, 5) is 51.5. The molecule has 4 amide bonds. The van der Waals surface area contributed by atoms with E-state index in [1.54, 1.807) is 36.4 Å². The Bertz CT molecular complexity index is 2110. The van der Waals surface area contributed by atoms with Crippen LogP contribution in [-0.2, 0) is 5.41 Å². The number of carbonyl (C=O) groups is 4. The molecule has 5 aromatic carbocycles. The quantitative estimate of drug-likeness (QED) is 0.172. The second-order valence-electron chi connectivity index (χ2n) is 12.8. The second kappa shape index (κ2) is 11.7. The van der Waals surface area contributed by atoms with E-state index in [4.69, 9.17) is 9.47 Å². The second-order valence-corrected chi connectivity index (χ2v) is 12.8. The fourth-order valence-corrected chi connectivity index (χ4v) is 6.05. The van der Waals surface area contributed by atoms with Gasteiger partial charge in [0.2, 0.25) is 0 Å². The van der Waals surface area contributed by atoms with Crippen LogP contribution in [0.3, 0.4) is 0 Å². The van der Waals surface area contributed by atoms with Crippen LogP contribution in [0, 0.1) is 0 Å². The Balaban J connectivity index is 1.03. The van der Waals surface area contributed by atoms with E-state index in [1.165, 1.54) is 4.90 Å². The molecule has 2 aliphatic rings. The van der Waals surface area contributed by atoms with Gasteiger partial charge in [0.25, 0.3) is 23.6 Å². The van der Waals surface area contributed by atoms with Crippen molar-refractivity contribution < 1.29 is 28.7 Å². The highest BCUT2D eigenvalue weighted by Crippen LogP contribution is 2.36. The SMILES string of the molecule is CC(C)c1ccc(N2C(=O)c3ccc(Oc4ccc(C(C)(C)c5ccc(Oc6ccc7c(c6)C(=O)NC7=O)cc5)cc4)cc3C2=O)cc1. The van der Waals surface area contributed by atoms with E-state index in [0.717, 1.165) is 16.7 Å². The predicted octanol–water partition coefficient (Wildman–Crippen LogP) is 8.40. The van der Waals surface area contributed by atoms with Crippen LogP contribution in [0.5, 0.6) is 23.0 Å². The van der Waals surface area contributed by atoms with Gasteiger partial charge in [-0.05, 0) is 95.4 Å². The van der Waals surface area contributed by atoms with Gasteiger partial charge in [0.15, 0.2) is 0 Å². The maximum Gasteiger partial charge on any atom is 0.266 e. The van der Waals surface area contributed by atoms with Gasteiger partial charge < -0.3 is 9.47 Å². The molecule has 0 atom stereocenters. The minimum absolute atomic E-state index is 0.303. The molecule has 0 aliphatic carbocycles. The summed E-state index contributed by atoms with van der Waals surface area (Å²) in [7, 11) is 0. The first kappa shape index (κ1) is 30.6. The normalized spacial score (nSPS) is 13.9. The van der Waals surface area contributed by atoms with Crippen LogP contribution in [0.15, 0.2) is 109 Å². The van der Waals surface area contributed by atoms with Gasteiger partial charge in [-0.1, -0.05) is 64.1 Å². The molecule has 0 fully saturated rings. The van der Waals surface area contributed by atoms with Gasteiger partial charge in [-0.15, -0.1) is 0 Å². The van der Waals surface area contributed by atoms with Crippen LogP contribution in [0.1, 0.15) is 91.7 Å². The number of ether oxygens (including phenoxy) is 2. The fourth-order valence-electron chi connectivity index (χ4n) is 6.05. The Morgan fingerprint density at radius 2 is 1.00 bits per heavy atom. The number of nitrogens with zero attached hydrogens (tertiary/aromatic N) is 1. The molecule has 8 heteroatoms. The number of amides is 4. The molecule has 1 N–H and O–H groups in total. The topological polar surface area (TPSA) is 102 Å². The fraction of sp³-hybridized carbons (Fsp3) is 0.150. The molecule has 0 unspecified atom stereocenters. The average molecular weight is 637 g/mol. The molecule has 5 aromatic rings. The predicted molar refractivity (Wildman–Crippen MR) is 182 cm³/mol. The lowest BCUT2D eigenvalue weighted by atomic mass is 9.78. The highest BCUT2D eigenvalue weighted by molar-refractivity contribution is 6.34.